The third-order valence-corrected chi connectivity index (χ3v) is 4.98. The molecule has 2 heterocycles. The van der Waals surface area contributed by atoms with Crippen LogP contribution in [0.1, 0.15) is 5.76 Å². The van der Waals surface area contributed by atoms with E-state index in [9.17, 15) is 10.1 Å². The molecule has 0 amide bonds. The summed E-state index contributed by atoms with van der Waals surface area (Å²) in [7, 11) is 0. The molecule has 1 aromatic carbocycles. The fourth-order valence-electron chi connectivity index (χ4n) is 1.89. The molecule has 0 bridgehead atoms. The summed E-state index contributed by atoms with van der Waals surface area (Å²) in [5.41, 5.74) is 0.0153. The zero-order chi connectivity index (χ0) is 17.5. The summed E-state index contributed by atoms with van der Waals surface area (Å²) in [6.45, 7) is 0.975. The predicted molar refractivity (Wildman–Crippen MR) is 95.3 cm³/mol. The van der Waals surface area contributed by atoms with Crippen molar-refractivity contribution in [1.82, 2.24) is 10.2 Å². The second-order valence-electron chi connectivity index (χ2n) is 4.76. The number of furan rings is 1. The van der Waals surface area contributed by atoms with Crippen LogP contribution in [0, 0.1) is 10.1 Å². The van der Waals surface area contributed by atoms with Gasteiger partial charge in [-0.1, -0.05) is 29.2 Å². The number of nitro groups is 1. The van der Waals surface area contributed by atoms with Crippen molar-refractivity contribution >= 4 is 33.9 Å². The molecule has 3 aromatic rings. The quantitative estimate of drug-likeness (QED) is 0.259. The normalized spacial score (nSPS) is 10.6. The van der Waals surface area contributed by atoms with Crippen LogP contribution in [0.5, 0.6) is 5.75 Å². The summed E-state index contributed by atoms with van der Waals surface area (Å²) < 4.78 is 11.6. The molecule has 2 aromatic heterocycles. The average Bonchev–Trinajstić information content (AvgIpc) is 3.29. The Morgan fingerprint density at radius 2 is 2.24 bits per heavy atom. The SMILES string of the molecule is O=[N+]([O-])c1cccc(OCCSc2nnc(NCc3ccco3)s2)c1. The maximum Gasteiger partial charge on any atom is 0.273 e. The molecule has 0 aliphatic rings. The third kappa shape index (κ3) is 5.19. The summed E-state index contributed by atoms with van der Waals surface area (Å²) in [6.07, 6.45) is 1.62. The number of hydrogen-bond donors (Lipinski definition) is 1. The van der Waals surface area contributed by atoms with Crippen molar-refractivity contribution in [3.05, 3.63) is 58.5 Å². The van der Waals surface area contributed by atoms with E-state index in [1.54, 1.807) is 18.4 Å². The predicted octanol–water partition coefficient (Wildman–Crippen LogP) is 3.82. The van der Waals surface area contributed by atoms with E-state index < -0.39 is 4.92 Å². The molecule has 0 spiro atoms. The molecule has 0 radical (unpaired) electrons. The minimum absolute atomic E-state index is 0.0153. The highest BCUT2D eigenvalue weighted by molar-refractivity contribution is 8.01. The van der Waals surface area contributed by atoms with Gasteiger partial charge in [-0.05, 0) is 18.2 Å². The Balaban J connectivity index is 1.40. The van der Waals surface area contributed by atoms with Crippen molar-refractivity contribution in [1.29, 1.82) is 0 Å². The van der Waals surface area contributed by atoms with Crippen molar-refractivity contribution in [3.8, 4) is 5.75 Å². The molecule has 10 heteroatoms. The number of nitrogens with zero attached hydrogens (tertiary/aromatic N) is 3. The Labute approximate surface area is 151 Å². The number of thioether (sulfide) groups is 1. The number of hydrogen-bond acceptors (Lipinski definition) is 9. The lowest BCUT2D eigenvalue weighted by atomic mass is 10.3. The monoisotopic (exact) mass is 378 g/mol. The summed E-state index contributed by atoms with van der Waals surface area (Å²) in [5.74, 6) is 1.97. The van der Waals surface area contributed by atoms with Crippen LogP contribution in [-0.2, 0) is 6.54 Å². The van der Waals surface area contributed by atoms with E-state index in [1.807, 2.05) is 12.1 Å². The highest BCUT2D eigenvalue weighted by atomic mass is 32.2. The smallest absolute Gasteiger partial charge is 0.273 e. The molecular weight excluding hydrogens is 364 g/mol. The fourth-order valence-corrected chi connectivity index (χ4v) is 3.53. The van der Waals surface area contributed by atoms with E-state index in [0.29, 0.717) is 24.7 Å². The number of benzene rings is 1. The van der Waals surface area contributed by atoms with Crippen LogP contribution in [0.25, 0.3) is 0 Å². The number of nitrogens with one attached hydrogen (secondary N) is 1. The molecule has 0 aliphatic heterocycles. The molecular formula is C15H14N4O4S2. The average molecular weight is 378 g/mol. The van der Waals surface area contributed by atoms with E-state index in [0.717, 1.165) is 15.2 Å². The van der Waals surface area contributed by atoms with Crippen molar-refractivity contribution in [3.63, 3.8) is 0 Å². The summed E-state index contributed by atoms with van der Waals surface area (Å²) in [4.78, 5) is 10.3. The summed E-state index contributed by atoms with van der Waals surface area (Å²) in [6, 6.07) is 9.85. The third-order valence-electron chi connectivity index (χ3n) is 3.01. The van der Waals surface area contributed by atoms with Gasteiger partial charge in [-0.15, -0.1) is 10.2 Å². The van der Waals surface area contributed by atoms with Gasteiger partial charge in [0.25, 0.3) is 5.69 Å². The van der Waals surface area contributed by atoms with Crippen LogP contribution >= 0.6 is 23.1 Å². The van der Waals surface area contributed by atoms with Crippen molar-refractivity contribution < 1.29 is 14.1 Å². The van der Waals surface area contributed by atoms with E-state index in [4.69, 9.17) is 9.15 Å². The standard InChI is InChI=1S/C15H14N4O4S2/c20-19(21)11-3-1-4-12(9-11)23-7-8-24-15-18-17-14(25-15)16-10-13-5-2-6-22-13/h1-6,9H,7-8,10H2,(H,16,17). The lowest BCUT2D eigenvalue weighted by molar-refractivity contribution is -0.384. The molecule has 0 atom stereocenters. The number of rotatable bonds is 9. The molecule has 0 aliphatic carbocycles. The van der Waals surface area contributed by atoms with Crippen LogP contribution in [0.15, 0.2) is 51.4 Å². The molecule has 0 saturated carbocycles. The topological polar surface area (TPSA) is 103 Å². The Bertz CT molecular complexity index is 823. The minimum atomic E-state index is -0.444. The molecule has 0 saturated heterocycles. The van der Waals surface area contributed by atoms with E-state index >= 15 is 0 Å². The van der Waals surface area contributed by atoms with E-state index in [2.05, 4.69) is 15.5 Å². The Morgan fingerprint density at radius 1 is 1.32 bits per heavy atom. The van der Waals surface area contributed by atoms with Crippen LogP contribution in [-0.4, -0.2) is 27.5 Å². The maximum atomic E-state index is 10.7. The summed E-state index contributed by atoms with van der Waals surface area (Å²) >= 11 is 2.97. The maximum absolute atomic E-state index is 10.7. The van der Waals surface area contributed by atoms with Gasteiger partial charge in [0.2, 0.25) is 5.13 Å². The zero-order valence-electron chi connectivity index (χ0n) is 13.0. The molecule has 8 nitrogen and oxygen atoms in total. The fraction of sp³-hybridized carbons (Fsp3) is 0.200. The molecule has 0 unspecified atom stereocenters. The van der Waals surface area contributed by atoms with Gasteiger partial charge in [-0.2, -0.15) is 0 Å². The van der Waals surface area contributed by atoms with Crippen molar-refractivity contribution in [2.75, 3.05) is 17.7 Å². The first-order valence-electron chi connectivity index (χ1n) is 7.30. The lowest BCUT2D eigenvalue weighted by Crippen LogP contribution is -2.00. The van der Waals surface area contributed by atoms with Crippen molar-refractivity contribution in [2.24, 2.45) is 0 Å². The highest BCUT2D eigenvalue weighted by Crippen LogP contribution is 2.26. The van der Waals surface area contributed by atoms with Gasteiger partial charge in [-0.3, -0.25) is 10.1 Å². The van der Waals surface area contributed by atoms with Gasteiger partial charge in [0.15, 0.2) is 4.34 Å². The van der Waals surface area contributed by atoms with Crippen LogP contribution in [0.4, 0.5) is 10.8 Å². The molecule has 130 valence electrons. The van der Waals surface area contributed by atoms with Gasteiger partial charge >= 0.3 is 0 Å². The Morgan fingerprint density at radius 3 is 3.04 bits per heavy atom. The Kier molecular flexibility index (Phi) is 5.86. The number of anilines is 1. The lowest BCUT2D eigenvalue weighted by Gasteiger charge is -2.04. The Hall–Kier alpha value is -2.59. The number of non-ortho nitro benzene ring substituents is 1. The van der Waals surface area contributed by atoms with Crippen LogP contribution < -0.4 is 10.1 Å². The highest BCUT2D eigenvalue weighted by Gasteiger charge is 2.08. The van der Waals surface area contributed by atoms with Gasteiger partial charge < -0.3 is 14.5 Å². The van der Waals surface area contributed by atoms with Gasteiger partial charge in [-0.25, -0.2) is 0 Å². The van der Waals surface area contributed by atoms with Crippen LogP contribution in [0.3, 0.4) is 0 Å². The molecule has 1 N–H and O–H groups in total. The first-order valence-corrected chi connectivity index (χ1v) is 9.11. The van der Waals surface area contributed by atoms with Gasteiger partial charge in [0.1, 0.15) is 11.5 Å². The zero-order valence-corrected chi connectivity index (χ0v) is 14.6. The van der Waals surface area contributed by atoms with Gasteiger partial charge in [0, 0.05) is 11.8 Å². The van der Waals surface area contributed by atoms with Gasteiger partial charge in [0.05, 0.1) is 30.4 Å². The summed E-state index contributed by atoms with van der Waals surface area (Å²) in [5, 5.41) is 22.7. The van der Waals surface area contributed by atoms with E-state index in [-0.39, 0.29) is 5.69 Å². The number of aromatic nitrogens is 2. The first-order chi connectivity index (χ1) is 12.2. The van der Waals surface area contributed by atoms with Crippen molar-refractivity contribution in [2.45, 2.75) is 10.9 Å². The minimum Gasteiger partial charge on any atom is -0.492 e. The molecule has 3 rings (SSSR count). The number of ether oxygens (including phenoxy) is 1. The molecule has 25 heavy (non-hydrogen) atoms. The van der Waals surface area contributed by atoms with Crippen LogP contribution in [0.2, 0.25) is 0 Å². The van der Waals surface area contributed by atoms with E-state index in [1.165, 1.54) is 35.2 Å². The molecule has 0 fully saturated rings. The second-order valence-corrected chi connectivity index (χ2v) is 7.08. The first kappa shape index (κ1) is 17.2. The largest absolute Gasteiger partial charge is 0.492 e. The number of nitro benzene ring substituents is 1. The second kappa shape index (κ2) is 8.49.